The molecule has 4 rings (SSSR count). The number of ketones is 1. The quantitative estimate of drug-likeness (QED) is 0.343. The Morgan fingerprint density at radius 2 is 1.64 bits per heavy atom. The first-order chi connectivity index (χ1) is 17.1. The highest BCUT2D eigenvalue weighted by Crippen LogP contribution is 2.68. The van der Waals surface area contributed by atoms with Gasteiger partial charge in [-0.1, -0.05) is 34.6 Å². The first kappa shape index (κ1) is 27.6. The minimum absolute atomic E-state index is 0.0288. The lowest BCUT2D eigenvalue weighted by Crippen LogP contribution is -2.60. The van der Waals surface area contributed by atoms with E-state index in [1.165, 1.54) is 12.8 Å². The second-order valence-corrected chi connectivity index (χ2v) is 13.1. The van der Waals surface area contributed by atoms with Crippen molar-refractivity contribution < 1.29 is 23.9 Å². The molecule has 0 aromatic heterocycles. The van der Waals surface area contributed by atoms with Gasteiger partial charge in [0.15, 0.2) is 0 Å². The van der Waals surface area contributed by atoms with Crippen molar-refractivity contribution in [1.29, 1.82) is 0 Å². The third-order valence-electron chi connectivity index (χ3n) is 11.6. The smallest absolute Gasteiger partial charge is 0.305 e. The van der Waals surface area contributed by atoms with E-state index in [1.807, 2.05) is 13.8 Å². The molecule has 204 valence electrons. The van der Waals surface area contributed by atoms with Gasteiger partial charge in [0.05, 0.1) is 6.61 Å². The molecule has 5 heteroatoms. The lowest BCUT2D eigenvalue weighted by Gasteiger charge is -2.62. The van der Waals surface area contributed by atoms with Crippen LogP contribution in [-0.2, 0) is 23.9 Å². The highest BCUT2D eigenvalue weighted by molar-refractivity contribution is 5.86. The average molecular weight is 503 g/mol. The Labute approximate surface area is 218 Å². The predicted molar refractivity (Wildman–Crippen MR) is 140 cm³/mol. The standard InChI is InChI=1S/C31H50O5/c1-7-21-25-18-20(36-26(32)8-2)14-16-31(25,6)24-15-17-30(5)22(11-12-23(30)28(24)29(21)34)19(4)10-13-27(33)35-9-3/h19-25,28H,7-18H2,1-6H3/t19-,20-,21?,22-,23+,24+,25+,28+,30-,31-/m1/s1. The predicted octanol–water partition coefficient (Wildman–Crippen LogP) is 6.76. The molecular formula is C31H50O5. The largest absolute Gasteiger partial charge is 0.466 e. The van der Waals surface area contributed by atoms with Crippen LogP contribution < -0.4 is 0 Å². The van der Waals surface area contributed by atoms with Crippen LogP contribution in [0.25, 0.3) is 0 Å². The maximum atomic E-state index is 14.3. The van der Waals surface area contributed by atoms with Crippen molar-refractivity contribution in [3.05, 3.63) is 0 Å². The van der Waals surface area contributed by atoms with E-state index in [4.69, 9.17) is 9.47 Å². The van der Waals surface area contributed by atoms with E-state index >= 15 is 0 Å². The molecule has 0 bridgehead atoms. The molecule has 0 heterocycles. The van der Waals surface area contributed by atoms with Crippen molar-refractivity contribution in [3.63, 3.8) is 0 Å². The Morgan fingerprint density at radius 3 is 2.31 bits per heavy atom. The molecule has 0 N–H and O–H groups in total. The van der Waals surface area contributed by atoms with Gasteiger partial charge in [0.1, 0.15) is 11.9 Å². The molecule has 36 heavy (non-hydrogen) atoms. The van der Waals surface area contributed by atoms with Gasteiger partial charge in [-0.2, -0.15) is 0 Å². The molecule has 4 aliphatic rings. The minimum Gasteiger partial charge on any atom is -0.466 e. The first-order valence-electron chi connectivity index (χ1n) is 15.0. The van der Waals surface area contributed by atoms with Gasteiger partial charge >= 0.3 is 11.9 Å². The summed E-state index contributed by atoms with van der Waals surface area (Å²) in [7, 11) is 0. The number of carbonyl (C=O) groups excluding carboxylic acids is 3. The van der Waals surface area contributed by atoms with Crippen LogP contribution in [0.3, 0.4) is 0 Å². The average Bonchev–Trinajstić information content (AvgIpc) is 3.21. The van der Waals surface area contributed by atoms with Gasteiger partial charge in [-0.05, 0) is 105 Å². The Morgan fingerprint density at radius 1 is 0.944 bits per heavy atom. The fourth-order valence-corrected chi connectivity index (χ4v) is 9.75. The Bertz CT molecular complexity index is 837. The summed E-state index contributed by atoms with van der Waals surface area (Å²) < 4.78 is 11.0. The number of hydrogen-bond acceptors (Lipinski definition) is 5. The third-order valence-corrected chi connectivity index (χ3v) is 11.6. The van der Waals surface area contributed by atoms with Crippen LogP contribution in [0.2, 0.25) is 0 Å². The number of rotatable bonds is 8. The maximum Gasteiger partial charge on any atom is 0.305 e. The minimum atomic E-state index is -0.112. The molecule has 4 fully saturated rings. The first-order valence-corrected chi connectivity index (χ1v) is 15.0. The SMILES string of the molecule is CCOC(=O)CC[C@@H](C)[C@H]1CC[C@H]2[C@@H]3C(=O)C(CC)[C@@H]4C[C@H](OC(=O)CC)CC[C@]4(C)[C@H]3CC[C@]12C. The molecule has 0 radical (unpaired) electrons. The molecule has 5 nitrogen and oxygen atoms in total. The zero-order valence-corrected chi connectivity index (χ0v) is 23.6. The molecule has 0 aliphatic heterocycles. The van der Waals surface area contributed by atoms with Crippen molar-refractivity contribution in [2.45, 2.75) is 118 Å². The summed E-state index contributed by atoms with van der Waals surface area (Å²) in [6, 6.07) is 0. The van der Waals surface area contributed by atoms with E-state index < -0.39 is 0 Å². The second-order valence-electron chi connectivity index (χ2n) is 13.1. The van der Waals surface area contributed by atoms with Crippen molar-refractivity contribution in [3.8, 4) is 0 Å². The van der Waals surface area contributed by atoms with Crippen LogP contribution in [0.5, 0.6) is 0 Å². The summed E-state index contributed by atoms with van der Waals surface area (Å²) in [6.07, 6.45) is 10.1. The number of esters is 2. The second kappa shape index (κ2) is 10.8. The van der Waals surface area contributed by atoms with Gasteiger partial charge in [0, 0.05) is 24.7 Å². The molecule has 1 unspecified atom stereocenters. The highest BCUT2D eigenvalue weighted by Gasteiger charge is 2.65. The van der Waals surface area contributed by atoms with Crippen molar-refractivity contribution in [1.82, 2.24) is 0 Å². The number of fused-ring (bicyclic) bond motifs is 5. The zero-order valence-electron chi connectivity index (χ0n) is 23.6. The molecular weight excluding hydrogens is 452 g/mol. The number of hydrogen-bond donors (Lipinski definition) is 0. The molecule has 0 aromatic rings. The van der Waals surface area contributed by atoms with E-state index in [2.05, 4.69) is 27.7 Å². The van der Waals surface area contributed by atoms with Gasteiger partial charge in [0.25, 0.3) is 0 Å². The van der Waals surface area contributed by atoms with E-state index in [0.29, 0.717) is 54.8 Å². The fraction of sp³-hybridized carbons (Fsp3) is 0.903. The summed E-state index contributed by atoms with van der Waals surface area (Å²) in [6.45, 7) is 13.6. The summed E-state index contributed by atoms with van der Waals surface area (Å²) in [4.78, 5) is 38.3. The monoisotopic (exact) mass is 502 g/mol. The molecule has 0 aromatic carbocycles. The van der Waals surface area contributed by atoms with Crippen LogP contribution in [0, 0.1) is 52.3 Å². The summed E-state index contributed by atoms with van der Waals surface area (Å²) >= 11 is 0. The van der Waals surface area contributed by atoms with E-state index in [0.717, 1.165) is 44.9 Å². The van der Waals surface area contributed by atoms with Gasteiger partial charge in [-0.15, -0.1) is 0 Å². The Hall–Kier alpha value is -1.39. The van der Waals surface area contributed by atoms with E-state index in [1.54, 1.807) is 0 Å². The van der Waals surface area contributed by atoms with Crippen LogP contribution in [0.4, 0.5) is 0 Å². The molecule has 0 spiro atoms. The number of Topliss-reactive ketones (excluding diaryl/α,β-unsaturated/α-hetero) is 1. The van der Waals surface area contributed by atoms with Crippen LogP contribution in [-0.4, -0.2) is 30.4 Å². The van der Waals surface area contributed by atoms with E-state index in [-0.39, 0.29) is 40.7 Å². The summed E-state index contributed by atoms with van der Waals surface area (Å²) in [5.74, 6) is 2.85. The Kier molecular flexibility index (Phi) is 8.27. The number of carbonyl (C=O) groups is 3. The normalized spacial score (nSPS) is 42.6. The van der Waals surface area contributed by atoms with Crippen LogP contribution in [0.15, 0.2) is 0 Å². The summed E-state index contributed by atoms with van der Waals surface area (Å²) in [5, 5.41) is 0. The third kappa shape index (κ3) is 4.66. The molecule has 4 saturated carbocycles. The lowest BCUT2D eigenvalue weighted by atomic mass is 9.42. The molecule has 0 amide bonds. The van der Waals surface area contributed by atoms with Gasteiger partial charge < -0.3 is 9.47 Å². The topological polar surface area (TPSA) is 69.7 Å². The Balaban J connectivity index is 1.53. The highest BCUT2D eigenvalue weighted by atomic mass is 16.5. The van der Waals surface area contributed by atoms with Crippen LogP contribution in [0.1, 0.15) is 112 Å². The van der Waals surface area contributed by atoms with Crippen molar-refractivity contribution in [2.75, 3.05) is 6.61 Å². The molecule has 0 saturated heterocycles. The number of ether oxygens (including phenoxy) is 2. The zero-order chi connectivity index (χ0) is 26.3. The lowest BCUT2D eigenvalue weighted by molar-refractivity contribution is -0.179. The van der Waals surface area contributed by atoms with E-state index in [9.17, 15) is 14.4 Å². The van der Waals surface area contributed by atoms with Gasteiger partial charge in [-0.3, -0.25) is 14.4 Å². The van der Waals surface area contributed by atoms with Gasteiger partial charge in [0.2, 0.25) is 0 Å². The summed E-state index contributed by atoms with van der Waals surface area (Å²) in [5.41, 5.74) is 0.337. The van der Waals surface area contributed by atoms with Crippen LogP contribution >= 0.6 is 0 Å². The van der Waals surface area contributed by atoms with Crippen molar-refractivity contribution in [2.24, 2.45) is 52.3 Å². The molecule has 10 atom stereocenters. The van der Waals surface area contributed by atoms with Gasteiger partial charge in [-0.25, -0.2) is 0 Å². The van der Waals surface area contributed by atoms with Crippen molar-refractivity contribution >= 4 is 17.7 Å². The maximum absolute atomic E-state index is 14.3. The molecule has 4 aliphatic carbocycles. The fourth-order valence-electron chi connectivity index (χ4n) is 9.75.